The highest BCUT2D eigenvalue weighted by molar-refractivity contribution is 5.96. The van der Waals surface area contributed by atoms with Crippen molar-refractivity contribution in [2.24, 2.45) is 0 Å². The molecule has 0 atom stereocenters. The number of carbonyl (C=O) groups excluding carboxylic acids is 1. The van der Waals surface area contributed by atoms with Crippen molar-refractivity contribution in [3.63, 3.8) is 0 Å². The molecule has 6 heteroatoms. The predicted octanol–water partition coefficient (Wildman–Crippen LogP) is 2.11. The lowest BCUT2D eigenvalue weighted by molar-refractivity contribution is 0.0455. The van der Waals surface area contributed by atoms with Crippen LogP contribution >= 0.6 is 0 Å². The van der Waals surface area contributed by atoms with Gasteiger partial charge in [-0.15, -0.1) is 0 Å². The standard InChI is InChI=1S/C14H18N4O2/c1-9(2)18-12(16-8-17-18)7-20-14(19)13-10(3)5-4-6-11(13)15/h4-6,8-9H,7,15H2,1-3H3. The van der Waals surface area contributed by atoms with E-state index in [1.807, 2.05) is 26.8 Å². The van der Waals surface area contributed by atoms with Gasteiger partial charge in [-0.05, 0) is 32.4 Å². The number of nitrogens with two attached hydrogens (primary N) is 1. The number of esters is 1. The molecular weight excluding hydrogens is 256 g/mol. The molecule has 0 aliphatic heterocycles. The molecule has 20 heavy (non-hydrogen) atoms. The second-order valence-corrected chi connectivity index (χ2v) is 4.83. The van der Waals surface area contributed by atoms with E-state index >= 15 is 0 Å². The number of hydrogen-bond donors (Lipinski definition) is 1. The van der Waals surface area contributed by atoms with Crippen molar-refractivity contribution in [3.8, 4) is 0 Å². The molecule has 106 valence electrons. The van der Waals surface area contributed by atoms with Crippen molar-refractivity contribution in [1.29, 1.82) is 0 Å². The molecule has 0 spiro atoms. The summed E-state index contributed by atoms with van der Waals surface area (Å²) in [5.41, 5.74) is 7.43. The number of carbonyl (C=O) groups is 1. The molecule has 2 rings (SSSR count). The van der Waals surface area contributed by atoms with Crippen LogP contribution in [0.25, 0.3) is 0 Å². The van der Waals surface area contributed by atoms with Gasteiger partial charge < -0.3 is 10.5 Å². The van der Waals surface area contributed by atoms with E-state index in [4.69, 9.17) is 10.5 Å². The maximum absolute atomic E-state index is 12.1. The van der Waals surface area contributed by atoms with Gasteiger partial charge in [-0.2, -0.15) is 5.10 Å². The van der Waals surface area contributed by atoms with Crippen LogP contribution in [-0.2, 0) is 11.3 Å². The van der Waals surface area contributed by atoms with Gasteiger partial charge in [-0.3, -0.25) is 0 Å². The van der Waals surface area contributed by atoms with E-state index in [9.17, 15) is 4.79 Å². The number of anilines is 1. The molecule has 0 bridgehead atoms. The highest BCUT2D eigenvalue weighted by Crippen LogP contribution is 2.18. The predicted molar refractivity (Wildman–Crippen MR) is 75.1 cm³/mol. The van der Waals surface area contributed by atoms with Gasteiger partial charge in [0, 0.05) is 11.7 Å². The molecule has 0 fully saturated rings. The minimum atomic E-state index is -0.445. The molecule has 1 heterocycles. The van der Waals surface area contributed by atoms with Crippen molar-refractivity contribution in [3.05, 3.63) is 41.5 Å². The number of ether oxygens (including phenoxy) is 1. The Morgan fingerprint density at radius 3 is 2.85 bits per heavy atom. The zero-order chi connectivity index (χ0) is 14.7. The van der Waals surface area contributed by atoms with Gasteiger partial charge in [-0.25, -0.2) is 14.5 Å². The Morgan fingerprint density at radius 2 is 2.20 bits per heavy atom. The summed E-state index contributed by atoms with van der Waals surface area (Å²) in [4.78, 5) is 16.2. The fourth-order valence-electron chi connectivity index (χ4n) is 1.98. The number of hydrogen-bond acceptors (Lipinski definition) is 5. The highest BCUT2D eigenvalue weighted by Gasteiger charge is 2.16. The van der Waals surface area contributed by atoms with Gasteiger partial charge in [0.25, 0.3) is 0 Å². The van der Waals surface area contributed by atoms with E-state index in [0.29, 0.717) is 17.1 Å². The van der Waals surface area contributed by atoms with Crippen LogP contribution in [0.1, 0.15) is 41.6 Å². The van der Waals surface area contributed by atoms with Gasteiger partial charge in [0.05, 0.1) is 5.56 Å². The lowest BCUT2D eigenvalue weighted by Gasteiger charge is -2.11. The Morgan fingerprint density at radius 1 is 1.45 bits per heavy atom. The first kappa shape index (κ1) is 14.0. The van der Waals surface area contributed by atoms with E-state index in [1.165, 1.54) is 6.33 Å². The zero-order valence-corrected chi connectivity index (χ0v) is 11.8. The SMILES string of the molecule is Cc1cccc(N)c1C(=O)OCc1ncnn1C(C)C. The maximum atomic E-state index is 12.1. The fraction of sp³-hybridized carbons (Fsp3) is 0.357. The Balaban J connectivity index is 2.11. The number of nitrogen functional groups attached to an aromatic ring is 1. The second-order valence-electron chi connectivity index (χ2n) is 4.83. The highest BCUT2D eigenvalue weighted by atomic mass is 16.5. The fourth-order valence-corrected chi connectivity index (χ4v) is 1.98. The van der Waals surface area contributed by atoms with Crippen LogP contribution in [0.15, 0.2) is 24.5 Å². The van der Waals surface area contributed by atoms with Crippen molar-refractivity contribution in [1.82, 2.24) is 14.8 Å². The molecule has 0 radical (unpaired) electrons. The number of aryl methyl sites for hydroxylation is 1. The molecule has 1 aromatic carbocycles. The molecule has 1 aromatic heterocycles. The van der Waals surface area contributed by atoms with Crippen LogP contribution in [0.5, 0.6) is 0 Å². The smallest absolute Gasteiger partial charge is 0.340 e. The third-order valence-corrected chi connectivity index (χ3v) is 2.98. The summed E-state index contributed by atoms with van der Waals surface area (Å²) in [7, 11) is 0. The molecule has 0 aliphatic carbocycles. The first-order valence-corrected chi connectivity index (χ1v) is 6.41. The van der Waals surface area contributed by atoms with E-state index in [2.05, 4.69) is 10.1 Å². The van der Waals surface area contributed by atoms with Crippen molar-refractivity contribution in [2.45, 2.75) is 33.4 Å². The first-order chi connectivity index (χ1) is 9.50. The first-order valence-electron chi connectivity index (χ1n) is 6.41. The third kappa shape index (κ3) is 2.79. The van der Waals surface area contributed by atoms with Crippen LogP contribution < -0.4 is 5.73 Å². The number of nitrogens with zero attached hydrogens (tertiary/aromatic N) is 3. The van der Waals surface area contributed by atoms with E-state index < -0.39 is 5.97 Å². The van der Waals surface area contributed by atoms with Gasteiger partial charge in [0.2, 0.25) is 0 Å². The summed E-state index contributed by atoms with van der Waals surface area (Å²) in [6.45, 7) is 5.87. The minimum Gasteiger partial charge on any atom is -0.454 e. The van der Waals surface area contributed by atoms with Crippen LogP contribution in [0.3, 0.4) is 0 Å². The summed E-state index contributed by atoms with van der Waals surface area (Å²) in [6, 6.07) is 5.47. The van der Waals surface area contributed by atoms with Gasteiger partial charge >= 0.3 is 5.97 Å². The van der Waals surface area contributed by atoms with E-state index in [1.54, 1.807) is 16.8 Å². The lowest BCUT2D eigenvalue weighted by Crippen LogP contribution is -2.14. The largest absolute Gasteiger partial charge is 0.454 e. The van der Waals surface area contributed by atoms with Crippen molar-refractivity contribution >= 4 is 11.7 Å². The number of rotatable bonds is 4. The lowest BCUT2D eigenvalue weighted by atomic mass is 10.1. The van der Waals surface area contributed by atoms with Crippen LogP contribution in [-0.4, -0.2) is 20.7 Å². The Hall–Kier alpha value is -2.37. The van der Waals surface area contributed by atoms with Crippen LogP contribution in [0, 0.1) is 6.92 Å². The quantitative estimate of drug-likeness (QED) is 0.682. The molecule has 2 aromatic rings. The Labute approximate surface area is 117 Å². The molecule has 0 saturated carbocycles. The molecular formula is C14H18N4O2. The molecule has 2 N–H and O–H groups in total. The van der Waals surface area contributed by atoms with Crippen LogP contribution in [0.4, 0.5) is 5.69 Å². The van der Waals surface area contributed by atoms with Gasteiger partial charge in [0.15, 0.2) is 12.4 Å². The van der Waals surface area contributed by atoms with Crippen molar-refractivity contribution in [2.75, 3.05) is 5.73 Å². The molecule has 6 nitrogen and oxygen atoms in total. The summed E-state index contributed by atoms with van der Waals surface area (Å²) in [5.74, 6) is 0.166. The summed E-state index contributed by atoms with van der Waals surface area (Å²) < 4.78 is 7.00. The molecule has 0 aliphatic rings. The third-order valence-electron chi connectivity index (χ3n) is 2.98. The monoisotopic (exact) mass is 274 g/mol. The normalized spacial score (nSPS) is 10.8. The number of benzene rings is 1. The maximum Gasteiger partial charge on any atom is 0.340 e. The van der Waals surface area contributed by atoms with E-state index in [-0.39, 0.29) is 12.6 Å². The molecule has 0 unspecified atom stereocenters. The van der Waals surface area contributed by atoms with E-state index in [0.717, 1.165) is 5.56 Å². The average molecular weight is 274 g/mol. The summed E-state index contributed by atoms with van der Waals surface area (Å²) in [5, 5.41) is 4.09. The Kier molecular flexibility index (Phi) is 4.02. The van der Waals surface area contributed by atoms with Gasteiger partial charge in [0.1, 0.15) is 6.33 Å². The zero-order valence-electron chi connectivity index (χ0n) is 11.8. The molecule has 0 saturated heterocycles. The topological polar surface area (TPSA) is 83.0 Å². The van der Waals surface area contributed by atoms with Crippen molar-refractivity contribution < 1.29 is 9.53 Å². The average Bonchev–Trinajstić information content (AvgIpc) is 2.84. The molecule has 0 amide bonds. The number of aromatic nitrogens is 3. The minimum absolute atomic E-state index is 0.0742. The van der Waals surface area contributed by atoms with Gasteiger partial charge in [-0.1, -0.05) is 12.1 Å². The second kappa shape index (κ2) is 5.73. The van der Waals surface area contributed by atoms with Crippen LogP contribution in [0.2, 0.25) is 0 Å². The summed E-state index contributed by atoms with van der Waals surface area (Å²) in [6.07, 6.45) is 1.45. The Bertz CT molecular complexity index is 599. The summed E-state index contributed by atoms with van der Waals surface area (Å²) >= 11 is 0.